The van der Waals surface area contributed by atoms with Crippen molar-refractivity contribution in [3.63, 3.8) is 0 Å². The van der Waals surface area contributed by atoms with Crippen LogP contribution in [-0.2, 0) is 4.79 Å². The first-order valence-corrected chi connectivity index (χ1v) is 9.66. The predicted molar refractivity (Wildman–Crippen MR) is 101 cm³/mol. The van der Waals surface area contributed by atoms with Crippen molar-refractivity contribution >= 4 is 41.0 Å². The number of carbonyl (C=O) groups is 1. The minimum atomic E-state index is 0. The molecule has 0 unspecified atom stereocenters. The number of carbonyl (C=O) groups excluding carboxylic acids is 1. The van der Waals surface area contributed by atoms with Crippen LogP contribution in [0, 0.1) is 5.92 Å². The summed E-state index contributed by atoms with van der Waals surface area (Å²) in [6.45, 7) is 2.19. The molecule has 3 nitrogen and oxygen atoms in total. The van der Waals surface area contributed by atoms with Crippen LogP contribution in [-0.4, -0.2) is 19.0 Å². The molecule has 0 saturated carbocycles. The quantitative estimate of drug-likeness (QED) is 0.799. The van der Waals surface area contributed by atoms with Crippen LogP contribution in [0.4, 0.5) is 0 Å². The second-order valence-electron chi connectivity index (χ2n) is 5.76. The second kappa shape index (κ2) is 9.42. The molecule has 0 atom stereocenters. The van der Waals surface area contributed by atoms with Gasteiger partial charge >= 0.3 is 0 Å². The topological polar surface area (TPSA) is 41.1 Å². The highest BCUT2D eigenvalue weighted by Gasteiger charge is 2.20. The molecule has 1 amide bonds. The van der Waals surface area contributed by atoms with Crippen molar-refractivity contribution in [2.45, 2.75) is 31.7 Å². The fourth-order valence-electron chi connectivity index (χ4n) is 2.93. The van der Waals surface area contributed by atoms with Gasteiger partial charge in [-0.3, -0.25) is 4.79 Å². The normalized spacial score (nSPS) is 15.3. The first-order chi connectivity index (χ1) is 10.8. The van der Waals surface area contributed by atoms with Gasteiger partial charge in [0.05, 0.1) is 6.04 Å². The van der Waals surface area contributed by atoms with E-state index >= 15 is 0 Å². The minimum Gasteiger partial charge on any atom is -0.344 e. The van der Waals surface area contributed by atoms with Crippen molar-refractivity contribution in [1.82, 2.24) is 10.6 Å². The number of hydrogen-bond acceptors (Lipinski definition) is 4. The van der Waals surface area contributed by atoms with E-state index in [2.05, 4.69) is 33.5 Å². The highest BCUT2D eigenvalue weighted by atomic mass is 35.5. The van der Waals surface area contributed by atoms with Crippen LogP contribution in [0.25, 0.3) is 0 Å². The number of nitrogens with one attached hydrogen (secondary N) is 2. The average molecular weight is 371 g/mol. The largest absolute Gasteiger partial charge is 0.344 e. The van der Waals surface area contributed by atoms with Crippen LogP contribution in [0.3, 0.4) is 0 Å². The lowest BCUT2D eigenvalue weighted by Crippen LogP contribution is -2.31. The molecule has 0 bridgehead atoms. The van der Waals surface area contributed by atoms with E-state index in [0.29, 0.717) is 12.3 Å². The van der Waals surface area contributed by atoms with Crippen LogP contribution in [0.1, 0.15) is 41.5 Å². The van der Waals surface area contributed by atoms with Gasteiger partial charge in [0.15, 0.2) is 0 Å². The molecule has 0 aliphatic carbocycles. The summed E-state index contributed by atoms with van der Waals surface area (Å²) in [6.07, 6.45) is 4.05. The van der Waals surface area contributed by atoms with Crippen LogP contribution in [0.2, 0.25) is 0 Å². The third kappa shape index (κ3) is 5.31. The summed E-state index contributed by atoms with van der Waals surface area (Å²) in [5.41, 5.74) is 0. The van der Waals surface area contributed by atoms with Gasteiger partial charge < -0.3 is 10.6 Å². The van der Waals surface area contributed by atoms with Crippen LogP contribution in [0.5, 0.6) is 0 Å². The van der Waals surface area contributed by atoms with Gasteiger partial charge in [0.1, 0.15) is 0 Å². The van der Waals surface area contributed by atoms with Gasteiger partial charge in [-0.2, -0.15) is 0 Å². The molecule has 0 radical (unpaired) electrons. The van der Waals surface area contributed by atoms with Crippen molar-refractivity contribution in [3.8, 4) is 0 Å². The summed E-state index contributed by atoms with van der Waals surface area (Å²) in [4.78, 5) is 14.8. The van der Waals surface area contributed by atoms with E-state index in [1.54, 1.807) is 22.7 Å². The molecule has 6 heteroatoms. The molecule has 0 spiro atoms. The van der Waals surface area contributed by atoms with Gasteiger partial charge in [0, 0.05) is 16.2 Å². The van der Waals surface area contributed by atoms with Gasteiger partial charge in [-0.1, -0.05) is 12.1 Å². The zero-order valence-electron chi connectivity index (χ0n) is 13.0. The fourth-order valence-corrected chi connectivity index (χ4v) is 4.59. The van der Waals surface area contributed by atoms with Crippen molar-refractivity contribution in [3.05, 3.63) is 44.8 Å². The van der Waals surface area contributed by atoms with Crippen molar-refractivity contribution in [1.29, 1.82) is 0 Å². The monoisotopic (exact) mass is 370 g/mol. The first kappa shape index (κ1) is 18.5. The molecule has 2 aromatic rings. The number of halogens is 1. The Morgan fingerprint density at radius 1 is 1.17 bits per heavy atom. The standard InChI is InChI=1S/C17H22N2OS2.ClH/c20-16(6-5-13-7-9-18-10-8-13)19-17(14-3-1-11-21-14)15-4-2-12-22-15;/h1-4,11-13,17-18H,5-10H2,(H,19,20);1H. The van der Waals surface area contributed by atoms with Gasteiger partial charge in [-0.05, 0) is 61.2 Å². The highest BCUT2D eigenvalue weighted by Crippen LogP contribution is 2.29. The Hall–Kier alpha value is -0.880. The first-order valence-electron chi connectivity index (χ1n) is 7.90. The Bertz CT molecular complexity index is 531. The van der Waals surface area contributed by atoms with Crippen molar-refractivity contribution in [2.75, 3.05) is 13.1 Å². The summed E-state index contributed by atoms with van der Waals surface area (Å²) in [5, 5.41) is 10.7. The Balaban J connectivity index is 0.00000192. The maximum Gasteiger partial charge on any atom is 0.220 e. The van der Waals surface area contributed by atoms with E-state index in [4.69, 9.17) is 0 Å². The molecular weight excluding hydrogens is 348 g/mol. The maximum absolute atomic E-state index is 12.4. The lowest BCUT2D eigenvalue weighted by molar-refractivity contribution is -0.121. The number of amides is 1. The van der Waals surface area contributed by atoms with E-state index in [-0.39, 0.29) is 24.4 Å². The summed E-state index contributed by atoms with van der Waals surface area (Å²) in [6, 6.07) is 8.30. The fraction of sp³-hybridized carbons (Fsp3) is 0.471. The molecule has 2 N–H and O–H groups in total. The van der Waals surface area contributed by atoms with Crippen molar-refractivity contribution < 1.29 is 4.79 Å². The predicted octanol–water partition coefficient (Wildman–Crippen LogP) is 4.22. The Kier molecular flexibility index (Phi) is 7.56. The zero-order valence-corrected chi connectivity index (χ0v) is 15.4. The van der Waals surface area contributed by atoms with Crippen LogP contribution < -0.4 is 10.6 Å². The molecule has 1 aliphatic rings. The van der Waals surface area contributed by atoms with Gasteiger partial charge in [0.25, 0.3) is 0 Å². The SMILES string of the molecule is Cl.O=C(CCC1CCNCC1)NC(c1cccs1)c1cccs1. The number of hydrogen-bond donors (Lipinski definition) is 2. The Morgan fingerprint density at radius 2 is 1.78 bits per heavy atom. The zero-order chi connectivity index (χ0) is 15.2. The summed E-state index contributed by atoms with van der Waals surface area (Å²) < 4.78 is 0. The molecule has 0 aromatic carbocycles. The molecule has 23 heavy (non-hydrogen) atoms. The average Bonchev–Trinajstić information content (AvgIpc) is 3.25. The third-order valence-corrected chi connectivity index (χ3v) is 6.07. The molecule has 1 saturated heterocycles. The molecule has 3 rings (SSSR count). The summed E-state index contributed by atoms with van der Waals surface area (Å²) in [7, 11) is 0. The second-order valence-corrected chi connectivity index (χ2v) is 7.72. The summed E-state index contributed by atoms with van der Waals surface area (Å²) in [5.74, 6) is 0.874. The van der Waals surface area contributed by atoms with Crippen LogP contribution >= 0.6 is 35.1 Å². The highest BCUT2D eigenvalue weighted by molar-refractivity contribution is 7.11. The molecule has 1 aliphatic heterocycles. The van der Waals surface area contributed by atoms with Gasteiger partial charge in [0.2, 0.25) is 5.91 Å². The number of piperidine rings is 1. The third-order valence-electron chi connectivity index (χ3n) is 4.20. The van der Waals surface area contributed by atoms with E-state index in [0.717, 1.165) is 19.5 Å². The van der Waals surface area contributed by atoms with Gasteiger partial charge in [-0.25, -0.2) is 0 Å². The van der Waals surface area contributed by atoms with E-state index in [1.807, 2.05) is 12.1 Å². The smallest absolute Gasteiger partial charge is 0.220 e. The summed E-state index contributed by atoms with van der Waals surface area (Å²) >= 11 is 3.40. The lowest BCUT2D eigenvalue weighted by Gasteiger charge is -2.23. The number of rotatable bonds is 6. The molecule has 2 aromatic heterocycles. The van der Waals surface area contributed by atoms with Gasteiger partial charge in [-0.15, -0.1) is 35.1 Å². The lowest BCUT2D eigenvalue weighted by atomic mass is 9.93. The number of thiophene rings is 2. The molecule has 126 valence electrons. The van der Waals surface area contributed by atoms with E-state index in [1.165, 1.54) is 22.6 Å². The molecule has 3 heterocycles. The minimum absolute atomic E-state index is 0. The van der Waals surface area contributed by atoms with Crippen molar-refractivity contribution in [2.24, 2.45) is 5.92 Å². The molecule has 1 fully saturated rings. The maximum atomic E-state index is 12.4. The Labute approximate surface area is 151 Å². The van der Waals surface area contributed by atoms with E-state index < -0.39 is 0 Å². The Morgan fingerprint density at radius 3 is 2.30 bits per heavy atom. The van der Waals surface area contributed by atoms with E-state index in [9.17, 15) is 4.79 Å². The molecular formula is C17H23ClN2OS2. The van der Waals surface area contributed by atoms with Crippen LogP contribution in [0.15, 0.2) is 35.0 Å².